The van der Waals surface area contributed by atoms with Crippen LogP contribution in [0.2, 0.25) is 0 Å². The number of piperidine rings is 1. The number of rotatable bonds is 5. The first-order valence-electron chi connectivity index (χ1n) is 10.9. The smallest absolute Gasteiger partial charge is 0.315 e. The SMILES string of the molecule is CC1CN(C(=O)CCNC(=O)NC23CC4CC(CC(C4)C2)C3)CCC1C(=O)O. The number of urea groups is 1. The summed E-state index contributed by atoms with van der Waals surface area (Å²) in [6.07, 6.45) is 8.13. The van der Waals surface area contributed by atoms with Gasteiger partial charge in [0.1, 0.15) is 0 Å². The molecule has 5 aliphatic rings. The van der Waals surface area contributed by atoms with E-state index in [1.165, 1.54) is 19.3 Å². The Labute approximate surface area is 166 Å². The predicted octanol–water partition coefficient (Wildman–Crippen LogP) is 2.21. The number of carboxylic acid groups (broad SMARTS) is 1. The van der Waals surface area contributed by atoms with Gasteiger partial charge in [0.05, 0.1) is 5.92 Å². The molecule has 5 rings (SSSR count). The molecule has 7 heteroatoms. The van der Waals surface area contributed by atoms with E-state index in [0.717, 1.165) is 37.0 Å². The highest BCUT2D eigenvalue weighted by Crippen LogP contribution is 2.55. The van der Waals surface area contributed by atoms with E-state index in [1.54, 1.807) is 4.90 Å². The summed E-state index contributed by atoms with van der Waals surface area (Å²) in [4.78, 5) is 37.8. The molecule has 0 aromatic carbocycles. The fourth-order valence-corrected chi connectivity index (χ4v) is 6.73. The van der Waals surface area contributed by atoms with Crippen molar-refractivity contribution in [2.45, 2.75) is 63.8 Å². The number of aliphatic carboxylic acids is 1. The molecule has 5 fully saturated rings. The van der Waals surface area contributed by atoms with Gasteiger partial charge in [0.25, 0.3) is 0 Å². The summed E-state index contributed by atoms with van der Waals surface area (Å²) in [6.45, 7) is 3.18. The summed E-state index contributed by atoms with van der Waals surface area (Å²) in [7, 11) is 0. The molecule has 7 nitrogen and oxygen atoms in total. The van der Waals surface area contributed by atoms with Crippen LogP contribution in [0.15, 0.2) is 0 Å². The molecule has 1 heterocycles. The van der Waals surface area contributed by atoms with E-state index in [2.05, 4.69) is 10.6 Å². The second kappa shape index (κ2) is 7.56. The van der Waals surface area contributed by atoms with Gasteiger partial charge in [0, 0.05) is 31.6 Å². The molecule has 3 N–H and O–H groups in total. The van der Waals surface area contributed by atoms with E-state index in [9.17, 15) is 19.5 Å². The Bertz CT molecular complexity index is 614. The van der Waals surface area contributed by atoms with Crippen LogP contribution in [-0.2, 0) is 9.59 Å². The number of likely N-dealkylation sites (tertiary alicyclic amines) is 1. The Hall–Kier alpha value is -1.79. The van der Waals surface area contributed by atoms with Gasteiger partial charge in [0.2, 0.25) is 5.91 Å². The number of amides is 3. The molecule has 4 aliphatic carbocycles. The fourth-order valence-electron chi connectivity index (χ4n) is 6.73. The van der Waals surface area contributed by atoms with Gasteiger partial charge in [-0.05, 0) is 68.6 Å². The summed E-state index contributed by atoms with van der Waals surface area (Å²) in [5, 5.41) is 15.3. The summed E-state index contributed by atoms with van der Waals surface area (Å²) < 4.78 is 0. The summed E-state index contributed by atoms with van der Waals surface area (Å²) in [5.41, 5.74) is -0.0169. The maximum absolute atomic E-state index is 12.4. The van der Waals surface area contributed by atoms with E-state index in [4.69, 9.17) is 0 Å². The molecule has 4 bridgehead atoms. The van der Waals surface area contributed by atoms with Gasteiger partial charge in [0.15, 0.2) is 0 Å². The molecular weight excluding hydrogens is 358 g/mol. The lowest BCUT2D eigenvalue weighted by atomic mass is 9.53. The Morgan fingerprint density at radius 3 is 2.21 bits per heavy atom. The van der Waals surface area contributed by atoms with Crippen LogP contribution < -0.4 is 10.6 Å². The largest absolute Gasteiger partial charge is 0.481 e. The standard InChI is InChI=1S/C21H33N3O4/c1-13-12-24(5-3-17(13)19(26)27)18(25)2-4-22-20(28)23-21-9-14-6-15(10-21)8-16(7-14)11-21/h13-17H,2-12H2,1H3,(H,26,27)(H2,22,23,28). The average Bonchev–Trinajstić information content (AvgIpc) is 2.59. The second-order valence-electron chi connectivity index (χ2n) is 9.88. The summed E-state index contributed by atoms with van der Waals surface area (Å²) >= 11 is 0. The fraction of sp³-hybridized carbons (Fsp3) is 0.857. The lowest BCUT2D eigenvalue weighted by Gasteiger charge is -2.56. The van der Waals surface area contributed by atoms with Crippen molar-refractivity contribution < 1.29 is 19.5 Å². The Balaban J connectivity index is 1.20. The van der Waals surface area contributed by atoms with Gasteiger partial charge in [-0.1, -0.05) is 6.92 Å². The van der Waals surface area contributed by atoms with E-state index in [-0.39, 0.29) is 35.7 Å². The first-order chi connectivity index (χ1) is 13.3. The number of carbonyl (C=O) groups is 3. The number of hydrogen-bond acceptors (Lipinski definition) is 3. The number of nitrogens with zero attached hydrogens (tertiary/aromatic N) is 1. The van der Waals surface area contributed by atoms with E-state index >= 15 is 0 Å². The van der Waals surface area contributed by atoms with Gasteiger partial charge >= 0.3 is 12.0 Å². The second-order valence-corrected chi connectivity index (χ2v) is 9.88. The van der Waals surface area contributed by atoms with E-state index in [1.807, 2.05) is 6.92 Å². The Morgan fingerprint density at radius 1 is 1.07 bits per heavy atom. The maximum atomic E-state index is 12.4. The Morgan fingerprint density at radius 2 is 1.68 bits per heavy atom. The van der Waals surface area contributed by atoms with Crippen LogP contribution in [0.25, 0.3) is 0 Å². The van der Waals surface area contributed by atoms with Gasteiger partial charge < -0.3 is 20.6 Å². The maximum Gasteiger partial charge on any atom is 0.315 e. The van der Waals surface area contributed by atoms with Crippen molar-refractivity contribution >= 4 is 17.9 Å². The molecule has 28 heavy (non-hydrogen) atoms. The number of nitrogens with one attached hydrogen (secondary N) is 2. The van der Waals surface area contributed by atoms with E-state index in [0.29, 0.717) is 26.1 Å². The van der Waals surface area contributed by atoms with Gasteiger partial charge in [-0.2, -0.15) is 0 Å². The molecule has 156 valence electrons. The topological polar surface area (TPSA) is 98.7 Å². The van der Waals surface area contributed by atoms with Crippen molar-refractivity contribution in [1.29, 1.82) is 0 Å². The summed E-state index contributed by atoms with van der Waals surface area (Å²) in [6, 6.07) is -0.146. The van der Waals surface area contributed by atoms with Gasteiger partial charge in [-0.15, -0.1) is 0 Å². The monoisotopic (exact) mass is 391 g/mol. The van der Waals surface area contributed by atoms with E-state index < -0.39 is 5.97 Å². The molecule has 2 unspecified atom stereocenters. The molecule has 3 amide bonds. The van der Waals surface area contributed by atoms with Crippen LogP contribution in [0.1, 0.15) is 58.3 Å². The van der Waals surface area contributed by atoms with Gasteiger partial charge in [-0.3, -0.25) is 9.59 Å². The molecule has 0 aromatic rings. The zero-order chi connectivity index (χ0) is 19.9. The van der Waals surface area contributed by atoms with Crippen molar-refractivity contribution in [3.8, 4) is 0 Å². The van der Waals surface area contributed by atoms with Crippen molar-refractivity contribution in [2.24, 2.45) is 29.6 Å². The van der Waals surface area contributed by atoms with Crippen LogP contribution >= 0.6 is 0 Å². The average molecular weight is 392 g/mol. The molecule has 4 saturated carbocycles. The molecule has 1 saturated heterocycles. The lowest BCUT2D eigenvalue weighted by Crippen LogP contribution is -2.61. The Kier molecular flexibility index (Phi) is 5.27. The van der Waals surface area contributed by atoms with Gasteiger partial charge in [-0.25, -0.2) is 4.79 Å². The highest BCUT2D eigenvalue weighted by atomic mass is 16.4. The number of carboxylic acids is 1. The minimum Gasteiger partial charge on any atom is -0.481 e. The number of hydrogen-bond donors (Lipinski definition) is 3. The van der Waals surface area contributed by atoms with Crippen LogP contribution in [0.3, 0.4) is 0 Å². The first-order valence-corrected chi connectivity index (χ1v) is 10.9. The first kappa shape index (κ1) is 19.5. The quantitative estimate of drug-likeness (QED) is 0.669. The normalized spacial score (nSPS) is 38.9. The highest BCUT2D eigenvalue weighted by molar-refractivity contribution is 5.79. The third kappa shape index (κ3) is 3.98. The molecular formula is C21H33N3O4. The van der Waals surface area contributed by atoms with Crippen molar-refractivity contribution in [1.82, 2.24) is 15.5 Å². The van der Waals surface area contributed by atoms with Crippen LogP contribution in [0, 0.1) is 29.6 Å². The molecule has 0 spiro atoms. The molecule has 0 radical (unpaired) electrons. The van der Waals surface area contributed by atoms with Crippen LogP contribution in [0.5, 0.6) is 0 Å². The van der Waals surface area contributed by atoms with Crippen LogP contribution in [-0.4, -0.2) is 53.1 Å². The molecule has 2 atom stereocenters. The zero-order valence-electron chi connectivity index (χ0n) is 16.8. The van der Waals surface area contributed by atoms with Crippen molar-refractivity contribution in [3.05, 3.63) is 0 Å². The number of carbonyl (C=O) groups excluding carboxylic acids is 2. The zero-order valence-corrected chi connectivity index (χ0v) is 16.8. The minimum absolute atomic E-state index is 0.00852. The minimum atomic E-state index is -0.775. The molecule has 1 aliphatic heterocycles. The molecule has 0 aromatic heterocycles. The third-order valence-corrected chi connectivity index (χ3v) is 7.62. The lowest BCUT2D eigenvalue weighted by molar-refractivity contribution is -0.148. The summed E-state index contributed by atoms with van der Waals surface area (Å²) in [5.74, 6) is 1.15. The van der Waals surface area contributed by atoms with Crippen molar-refractivity contribution in [3.63, 3.8) is 0 Å². The van der Waals surface area contributed by atoms with Crippen molar-refractivity contribution in [2.75, 3.05) is 19.6 Å². The third-order valence-electron chi connectivity index (χ3n) is 7.62. The predicted molar refractivity (Wildman–Crippen MR) is 104 cm³/mol. The van der Waals surface area contributed by atoms with Crippen LogP contribution in [0.4, 0.5) is 4.79 Å². The highest BCUT2D eigenvalue weighted by Gasteiger charge is 2.51.